The molecule has 1 aromatic carbocycles. The molecule has 1 unspecified atom stereocenters. The van der Waals surface area contributed by atoms with Crippen LogP contribution in [-0.2, 0) is 11.3 Å². The molecular weight excluding hydrogens is 490 g/mol. The van der Waals surface area contributed by atoms with Crippen LogP contribution in [0.4, 0.5) is 5.82 Å². The van der Waals surface area contributed by atoms with Gasteiger partial charge in [-0.05, 0) is 47.1 Å². The number of benzene rings is 1. The lowest BCUT2D eigenvalue weighted by molar-refractivity contribution is -0.113. The van der Waals surface area contributed by atoms with Crippen LogP contribution in [0.2, 0.25) is 5.02 Å². The zero-order valence-corrected chi connectivity index (χ0v) is 19.2. The largest absolute Gasteiger partial charge is 0.481 e. The predicted molar refractivity (Wildman–Crippen MR) is 122 cm³/mol. The van der Waals surface area contributed by atoms with Crippen LogP contribution in [0.25, 0.3) is 0 Å². The molecule has 0 saturated heterocycles. The van der Waals surface area contributed by atoms with Crippen LogP contribution in [-0.4, -0.2) is 31.4 Å². The molecule has 0 bridgehead atoms. The van der Waals surface area contributed by atoms with Gasteiger partial charge in [0, 0.05) is 17.2 Å². The quantitative estimate of drug-likeness (QED) is 0.318. The van der Waals surface area contributed by atoms with Gasteiger partial charge in [0.05, 0.1) is 10.8 Å². The summed E-state index contributed by atoms with van der Waals surface area (Å²) in [5.41, 5.74) is 0. The van der Waals surface area contributed by atoms with Crippen LogP contribution in [0, 0.1) is 0 Å². The Kier molecular flexibility index (Phi) is 7.89. The number of ether oxygens (including phenoxy) is 1. The molecule has 10 heteroatoms. The molecule has 1 atom stereocenters. The number of nitrogens with one attached hydrogen (secondary N) is 1. The SMILES string of the molecule is C=CCn1c(SCC(=O)Nc2ccc(Br)cn2)nnc1C(C)Oc1ccccc1Cl. The van der Waals surface area contributed by atoms with E-state index in [1.54, 1.807) is 30.5 Å². The molecule has 3 rings (SSSR count). The van der Waals surface area contributed by atoms with Crippen LogP contribution in [0.3, 0.4) is 0 Å². The molecular formula is C20H19BrClN5O2S. The molecule has 0 fully saturated rings. The van der Waals surface area contributed by atoms with E-state index in [0.717, 1.165) is 4.47 Å². The van der Waals surface area contributed by atoms with Gasteiger partial charge in [-0.15, -0.1) is 16.8 Å². The third-order valence-corrected chi connectivity index (χ3v) is 5.64. The monoisotopic (exact) mass is 507 g/mol. The molecule has 1 amide bonds. The fourth-order valence-corrected chi connectivity index (χ4v) is 3.72. The molecule has 0 saturated carbocycles. The molecule has 0 spiro atoms. The first-order valence-corrected chi connectivity index (χ1v) is 11.1. The van der Waals surface area contributed by atoms with Gasteiger partial charge in [0.2, 0.25) is 5.91 Å². The first-order valence-electron chi connectivity index (χ1n) is 8.97. The lowest BCUT2D eigenvalue weighted by atomic mass is 10.3. The second-order valence-electron chi connectivity index (χ2n) is 6.13. The van der Waals surface area contributed by atoms with Crippen LogP contribution in [0.1, 0.15) is 18.9 Å². The summed E-state index contributed by atoms with van der Waals surface area (Å²) in [7, 11) is 0. The molecule has 156 valence electrons. The number of carbonyl (C=O) groups is 1. The van der Waals surface area contributed by atoms with Crippen molar-refractivity contribution in [2.45, 2.75) is 24.7 Å². The fourth-order valence-electron chi connectivity index (χ4n) is 2.55. The molecule has 1 N–H and O–H groups in total. The molecule has 2 heterocycles. The topological polar surface area (TPSA) is 81.9 Å². The van der Waals surface area contributed by atoms with Crippen molar-refractivity contribution in [2.75, 3.05) is 11.1 Å². The minimum atomic E-state index is -0.396. The lowest BCUT2D eigenvalue weighted by Gasteiger charge is -2.16. The number of pyridine rings is 1. The number of halogens is 2. The molecule has 0 radical (unpaired) electrons. The Morgan fingerprint density at radius 1 is 1.37 bits per heavy atom. The van der Waals surface area contributed by atoms with Crippen molar-refractivity contribution in [3.8, 4) is 5.75 Å². The minimum Gasteiger partial charge on any atom is -0.481 e. The average molecular weight is 509 g/mol. The number of para-hydroxylation sites is 1. The first-order chi connectivity index (χ1) is 14.5. The van der Waals surface area contributed by atoms with E-state index < -0.39 is 6.10 Å². The third-order valence-electron chi connectivity index (χ3n) is 3.89. The average Bonchev–Trinajstić information content (AvgIpc) is 3.13. The van der Waals surface area contributed by atoms with Crippen molar-refractivity contribution in [1.29, 1.82) is 0 Å². The maximum absolute atomic E-state index is 12.3. The summed E-state index contributed by atoms with van der Waals surface area (Å²) in [6.07, 6.45) is 2.97. The van der Waals surface area contributed by atoms with E-state index in [9.17, 15) is 4.79 Å². The van der Waals surface area contributed by atoms with Crippen molar-refractivity contribution < 1.29 is 9.53 Å². The molecule has 7 nitrogen and oxygen atoms in total. The Balaban J connectivity index is 1.67. The number of thioether (sulfide) groups is 1. The summed E-state index contributed by atoms with van der Waals surface area (Å²) >= 11 is 10.8. The molecule has 30 heavy (non-hydrogen) atoms. The number of aromatic nitrogens is 4. The predicted octanol–water partition coefficient (Wildman–Crippen LogP) is 5.15. The van der Waals surface area contributed by atoms with Crippen molar-refractivity contribution in [1.82, 2.24) is 19.7 Å². The van der Waals surface area contributed by atoms with Crippen molar-refractivity contribution in [3.05, 3.63) is 70.6 Å². The van der Waals surface area contributed by atoms with E-state index >= 15 is 0 Å². The maximum atomic E-state index is 12.3. The number of nitrogens with zero attached hydrogens (tertiary/aromatic N) is 4. The Morgan fingerprint density at radius 2 is 2.17 bits per heavy atom. The summed E-state index contributed by atoms with van der Waals surface area (Å²) in [6, 6.07) is 10.8. The second-order valence-corrected chi connectivity index (χ2v) is 8.39. The molecule has 0 aliphatic carbocycles. The maximum Gasteiger partial charge on any atom is 0.236 e. The highest BCUT2D eigenvalue weighted by atomic mass is 79.9. The third kappa shape index (κ3) is 5.84. The highest BCUT2D eigenvalue weighted by Crippen LogP contribution is 2.29. The highest BCUT2D eigenvalue weighted by Gasteiger charge is 2.20. The summed E-state index contributed by atoms with van der Waals surface area (Å²) < 4.78 is 8.66. The molecule has 2 aromatic heterocycles. The van der Waals surface area contributed by atoms with Gasteiger partial charge in [0.25, 0.3) is 0 Å². The second kappa shape index (κ2) is 10.6. The first kappa shape index (κ1) is 22.3. The normalized spacial score (nSPS) is 11.7. The Labute approximate surface area is 192 Å². The summed E-state index contributed by atoms with van der Waals surface area (Å²) in [5, 5.41) is 12.3. The van der Waals surface area contributed by atoms with E-state index in [4.69, 9.17) is 16.3 Å². The lowest BCUT2D eigenvalue weighted by Crippen LogP contribution is -2.16. The van der Waals surface area contributed by atoms with E-state index in [1.807, 2.05) is 29.7 Å². The fraction of sp³-hybridized carbons (Fsp3) is 0.200. The number of hydrogen-bond donors (Lipinski definition) is 1. The number of rotatable bonds is 9. The van der Waals surface area contributed by atoms with Gasteiger partial charge in [0.1, 0.15) is 11.6 Å². The molecule has 0 aliphatic rings. The smallest absolute Gasteiger partial charge is 0.236 e. The van der Waals surface area contributed by atoms with Gasteiger partial charge in [0.15, 0.2) is 17.1 Å². The Hall–Kier alpha value is -2.36. The van der Waals surface area contributed by atoms with E-state index in [2.05, 4.69) is 43.0 Å². The van der Waals surface area contributed by atoms with Crippen molar-refractivity contribution in [3.63, 3.8) is 0 Å². The summed E-state index contributed by atoms with van der Waals surface area (Å²) in [6.45, 7) is 6.15. The zero-order valence-electron chi connectivity index (χ0n) is 16.1. The Morgan fingerprint density at radius 3 is 2.87 bits per heavy atom. The number of hydrogen-bond acceptors (Lipinski definition) is 6. The number of anilines is 1. The van der Waals surface area contributed by atoms with E-state index in [1.165, 1.54) is 11.8 Å². The Bertz CT molecular complexity index is 1030. The number of allylic oxidation sites excluding steroid dienone is 1. The van der Waals surface area contributed by atoms with Gasteiger partial charge >= 0.3 is 0 Å². The van der Waals surface area contributed by atoms with Crippen molar-refractivity contribution in [2.24, 2.45) is 0 Å². The highest BCUT2D eigenvalue weighted by molar-refractivity contribution is 9.10. The summed E-state index contributed by atoms with van der Waals surface area (Å²) in [5.74, 6) is 1.64. The minimum absolute atomic E-state index is 0.159. The molecule has 3 aromatic rings. The standard InChI is InChI=1S/C20H19BrClN5O2S/c1-3-10-27-19(13(2)29-16-7-5-4-6-15(16)22)25-26-20(27)30-12-18(28)24-17-9-8-14(21)11-23-17/h3-9,11,13H,1,10,12H2,2H3,(H,23,24,28). The van der Waals surface area contributed by atoms with Crippen LogP contribution < -0.4 is 10.1 Å². The number of carbonyl (C=O) groups excluding carboxylic acids is 1. The van der Waals surface area contributed by atoms with Gasteiger partial charge < -0.3 is 10.1 Å². The zero-order chi connectivity index (χ0) is 21.5. The van der Waals surface area contributed by atoms with Gasteiger partial charge in [-0.25, -0.2) is 4.98 Å². The van der Waals surface area contributed by atoms with Crippen LogP contribution in [0.5, 0.6) is 5.75 Å². The van der Waals surface area contributed by atoms with Gasteiger partial charge in [-0.1, -0.05) is 41.6 Å². The van der Waals surface area contributed by atoms with Crippen LogP contribution >= 0.6 is 39.3 Å². The number of amides is 1. The van der Waals surface area contributed by atoms with E-state index in [0.29, 0.717) is 34.1 Å². The summed E-state index contributed by atoms with van der Waals surface area (Å²) in [4.78, 5) is 16.4. The van der Waals surface area contributed by atoms with Gasteiger partial charge in [-0.3, -0.25) is 9.36 Å². The van der Waals surface area contributed by atoms with Gasteiger partial charge in [-0.2, -0.15) is 0 Å². The van der Waals surface area contributed by atoms with E-state index in [-0.39, 0.29) is 11.7 Å². The van der Waals surface area contributed by atoms with Crippen molar-refractivity contribution >= 4 is 51.0 Å². The molecule has 0 aliphatic heterocycles. The van der Waals surface area contributed by atoms with Crippen LogP contribution in [0.15, 0.2) is 64.9 Å².